The van der Waals surface area contributed by atoms with Crippen LogP contribution in [0.1, 0.15) is 33.6 Å². The molecule has 1 aliphatic heterocycles. The van der Waals surface area contributed by atoms with E-state index in [2.05, 4.69) is 20.8 Å². The van der Waals surface area contributed by atoms with Crippen LogP contribution in [0.5, 0.6) is 0 Å². The fourth-order valence-electron chi connectivity index (χ4n) is 1.59. The van der Waals surface area contributed by atoms with Crippen LogP contribution < -0.4 is 0 Å². The molecule has 0 aromatic rings. The van der Waals surface area contributed by atoms with E-state index in [4.69, 9.17) is 12.6 Å². The first-order valence-electron chi connectivity index (χ1n) is 4.45. The number of hydrogen-bond donors (Lipinski definition) is 0. The van der Waals surface area contributed by atoms with E-state index in [-0.39, 0.29) is 6.00 Å². The first kappa shape index (κ1) is 9.12. The van der Waals surface area contributed by atoms with E-state index in [0.717, 1.165) is 13.0 Å². The molecule has 0 spiro atoms. The SMILES string of the molecule is [B][C@H]1C[C@@H](C)C(C)(CC)CO1. The number of rotatable bonds is 1. The maximum absolute atomic E-state index is 5.68. The highest BCUT2D eigenvalue weighted by Gasteiger charge is 2.34. The summed E-state index contributed by atoms with van der Waals surface area (Å²) < 4.78 is 5.43. The molecule has 62 valence electrons. The van der Waals surface area contributed by atoms with Gasteiger partial charge in [-0.3, -0.25) is 0 Å². The Balaban J connectivity index is 2.56. The van der Waals surface area contributed by atoms with Gasteiger partial charge in [0.05, 0.1) is 6.61 Å². The summed E-state index contributed by atoms with van der Waals surface area (Å²) in [4.78, 5) is 0. The first-order chi connectivity index (χ1) is 5.08. The topological polar surface area (TPSA) is 9.23 Å². The zero-order chi connectivity index (χ0) is 8.48. The van der Waals surface area contributed by atoms with Gasteiger partial charge in [0, 0.05) is 6.00 Å². The van der Waals surface area contributed by atoms with Crippen LogP contribution in [0.2, 0.25) is 0 Å². The monoisotopic (exact) mass is 152 g/mol. The Morgan fingerprint density at radius 2 is 2.27 bits per heavy atom. The third kappa shape index (κ3) is 1.78. The largest absolute Gasteiger partial charge is 0.387 e. The Bertz CT molecular complexity index is 138. The summed E-state index contributed by atoms with van der Waals surface area (Å²) in [6.45, 7) is 7.60. The standard InChI is InChI=1S/C9H17BO/c1-4-9(3)6-11-8(10)5-7(9)2/h7-8H,4-6H2,1-3H3/t7-,8-,9?/m1/s1. The summed E-state index contributed by atoms with van der Waals surface area (Å²) in [5.74, 6) is 0.691. The minimum Gasteiger partial charge on any atom is -0.387 e. The van der Waals surface area contributed by atoms with Crippen molar-refractivity contribution in [3.8, 4) is 0 Å². The second-order valence-corrected chi connectivity index (χ2v) is 3.99. The molecule has 3 atom stereocenters. The van der Waals surface area contributed by atoms with Crippen molar-refractivity contribution in [2.45, 2.75) is 39.6 Å². The molecule has 11 heavy (non-hydrogen) atoms. The highest BCUT2D eigenvalue weighted by molar-refractivity contribution is 6.11. The van der Waals surface area contributed by atoms with Crippen molar-refractivity contribution in [1.29, 1.82) is 0 Å². The lowest BCUT2D eigenvalue weighted by molar-refractivity contribution is -0.0560. The van der Waals surface area contributed by atoms with Crippen LogP contribution in [-0.2, 0) is 4.74 Å². The second kappa shape index (κ2) is 3.18. The van der Waals surface area contributed by atoms with Gasteiger partial charge < -0.3 is 4.74 Å². The smallest absolute Gasteiger partial charge is 0.108 e. The van der Waals surface area contributed by atoms with Gasteiger partial charge in [-0.05, 0) is 24.2 Å². The lowest BCUT2D eigenvalue weighted by Gasteiger charge is -2.41. The van der Waals surface area contributed by atoms with Gasteiger partial charge in [0.25, 0.3) is 0 Å². The Morgan fingerprint density at radius 3 is 2.73 bits per heavy atom. The molecule has 1 saturated heterocycles. The average molecular weight is 152 g/mol. The molecule has 1 rings (SSSR count). The Labute approximate surface area is 70.9 Å². The number of hydrogen-bond acceptors (Lipinski definition) is 1. The fourth-order valence-corrected chi connectivity index (χ4v) is 1.59. The van der Waals surface area contributed by atoms with E-state index >= 15 is 0 Å². The zero-order valence-electron chi connectivity index (χ0n) is 7.76. The molecular weight excluding hydrogens is 135 g/mol. The second-order valence-electron chi connectivity index (χ2n) is 3.99. The highest BCUT2D eigenvalue weighted by atomic mass is 16.5. The van der Waals surface area contributed by atoms with Crippen molar-refractivity contribution in [2.24, 2.45) is 11.3 Å². The first-order valence-corrected chi connectivity index (χ1v) is 4.45. The molecule has 1 aliphatic rings. The maximum Gasteiger partial charge on any atom is 0.108 e. The molecule has 0 N–H and O–H groups in total. The fraction of sp³-hybridized carbons (Fsp3) is 1.00. The van der Waals surface area contributed by atoms with Crippen molar-refractivity contribution in [3.05, 3.63) is 0 Å². The Kier molecular flexibility index (Phi) is 2.63. The van der Waals surface area contributed by atoms with Gasteiger partial charge in [0.2, 0.25) is 0 Å². The van der Waals surface area contributed by atoms with Crippen molar-refractivity contribution < 1.29 is 4.74 Å². The van der Waals surface area contributed by atoms with Crippen LogP contribution in [0.3, 0.4) is 0 Å². The summed E-state index contributed by atoms with van der Waals surface area (Å²) in [5.41, 5.74) is 0.357. The molecule has 0 amide bonds. The van der Waals surface area contributed by atoms with Crippen LogP contribution in [0.25, 0.3) is 0 Å². The molecule has 0 saturated carbocycles. The molecule has 0 bridgehead atoms. The maximum atomic E-state index is 5.68. The molecular formula is C9H17BO. The summed E-state index contributed by atoms with van der Waals surface area (Å²) in [5, 5.41) is 0. The quantitative estimate of drug-likeness (QED) is 0.522. The van der Waals surface area contributed by atoms with Gasteiger partial charge in [-0.15, -0.1) is 0 Å². The molecule has 1 fully saturated rings. The van der Waals surface area contributed by atoms with E-state index < -0.39 is 0 Å². The van der Waals surface area contributed by atoms with E-state index in [0.29, 0.717) is 11.3 Å². The lowest BCUT2D eigenvalue weighted by Crippen LogP contribution is -2.40. The Morgan fingerprint density at radius 1 is 1.64 bits per heavy atom. The summed E-state index contributed by atoms with van der Waals surface area (Å²) >= 11 is 0. The van der Waals surface area contributed by atoms with Crippen molar-refractivity contribution >= 4 is 7.85 Å². The van der Waals surface area contributed by atoms with Crippen LogP contribution >= 0.6 is 0 Å². The van der Waals surface area contributed by atoms with Gasteiger partial charge in [0.15, 0.2) is 0 Å². The normalized spacial score (nSPS) is 45.7. The van der Waals surface area contributed by atoms with Crippen LogP contribution in [0.15, 0.2) is 0 Å². The third-order valence-electron chi connectivity index (χ3n) is 3.21. The third-order valence-corrected chi connectivity index (χ3v) is 3.21. The van der Waals surface area contributed by atoms with E-state index in [9.17, 15) is 0 Å². The van der Waals surface area contributed by atoms with E-state index in [1.165, 1.54) is 6.42 Å². The predicted octanol–water partition coefficient (Wildman–Crippen LogP) is 1.95. The van der Waals surface area contributed by atoms with Gasteiger partial charge in [0.1, 0.15) is 7.85 Å². The van der Waals surface area contributed by atoms with Crippen LogP contribution in [-0.4, -0.2) is 20.5 Å². The van der Waals surface area contributed by atoms with Gasteiger partial charge in [-0.25, -0.2) is 0 Å². The van der Waals surface area contributed by atoms with Crippen molar-refractivity contribution in [2.75, 3.05) is 6.61 Å². The minimum atomic E-state index is -0.0235. The van der Waals surface area contributed by atoms with Gasteiger partial charge in [-0.1, -0.05) is 20.8 Å². The molecule has 2 radical (unpaired) electrons. The van der Waals surface area contributed by atoms with Crippen molar-refractivity contribution in [1.82, 2.24) is 0 Å². The molecule has 1 nitrogen and oxygen atoms in total. The van der Waals surface area contributed by atoms with Crippen LogP contribution in [0, 0.1) is 11.3 Å². The van der Waals surface area contributed by atoms with Crippen molar-refractivity contribution in [3.63, 3.8) is 0 Å². The Hall–Kier alpha value is 0.0249. The predicted molar refractivity (Wildman–Crippen MR) is 47.7 cm³/mol. The minimum absolute atomic E-state index is 0.0235. The van der Waals surface area contributed by atoms with E-state index in [1.54, 1.807) is 0 Å². The van der Waals surface area contributed by atoms with Gasteiger partial charge >= 0.3 is 0 Å². The molecule has 0 aromatic heterocycles. The average Bonchev–Trinajstić information content (AvgIpc) is 1.98. The molecule has 1 unspecified atom stereocenters. The highest BCUT2D eigenvalue weighted by Crippen LogP contribution is 2.38. The van der Waals surface area contributed by atoms with E-state index in [1.807, 2.05) is 0 Å². The molecule has 1 heterocycles. The van der Waals surface area contributed by atoms with Crippen LogP contribution in [0.4, 0.5) is 0 Å². The van der Waals surface area contributed by atoms with Gasteiger partial charge in [-0.2, -0.15) is 0 Å². The molecule has 0 aromatic carbocycles. The lowest BCUT2D eigenvalue weighted by atomic mass is 9.70. The zero-order valence-corrected chi connectivity index (χ0v) is 7.76. The molecule has 0 aliphatic carbocycles. The summed E-state index contributed by atoms with van der Waals surface area (Å²) in [6, 6.07) is -0.0235. The number of ether oxygens (including phenoxy) is 1. The molecule has 2 heteroatoms. The summed E-state index contributed by atoms with van der Waals surface area (Å²) in [6.07, 6.45) is 2.19. The summed E-state index contributed by atoms with van der Waals surface area (Å²) in [7, 11) is 5.68.